The molecule has 2 aromatic rings. The molecule has 2 aromatic carbocycles. The van der Waals surface area contributed by atoms with Gasteiger partial charge in [0, 0.05) is 5.69 Å². The number of nitrogens with one attached hydrogen (secondary N) is 3. The summed E-state index contributed by atoms with van der Waals surface area (Å²) in [5, 5.41) is 7.21. The van der Waals surface area contributed by atoms with E-state index in [1.807, 2.05) is 5.43 Å². The summed E-state index contributed by atoms with van der Waals surface area (Å²) in [6.45, 7) is 0. The van der Waals surface area contributed by atoms with E-state index in [1.54, 1.807) is 0 Å². The summed E-state index contributed by atoms with van der Waals surface area (Å²) in [5.41, 5.74) is 3.63. The lowest BCUT2D eigenvalue weighted by atomic mass is 10.3. The highest BCUT2D eigenvalue weighted by Crippen LogP contribution is 2.19. The molecule has 5 N–H and O–H groups in total. The second-order valence-corrected chi connectivity index (χ2v) is 6.06. The minimum atomic E-state index is -3.94. The van der Waals surface area contributed by atoms with Gasteiger partial charge in [-0.25, -0.2) is 31.5 Å². The van der Waals surface area contributed by atoms with Gasteiger partial charge in [-0.2, -0.15) is 0 Å². The smallest absolute Gasteiger partial charge is 0.307 e. The highest BCUT2D eigenvalue weighted by Gasteiger charge is 2.14. The average Bonchev–Trinajstić information content (AvgIpc) is 2.51. The number of carbonyl (C=O) groups is 1. The predicted molar refractivity (Wildman–Crippen MR) is 79.9 cm³/mol. The third-order valence-electron chi connectivity index (χ3n) is 2.77. The van der Waals surface area contributed by atoms with Crippen LogP contribution in [-0.2, 0) is 10.0 Å². The summed E-state index contributed by atoms with van der Waals surface area (Å²) in [7, 11) is -3.94. The molecule has 24 heavy (non-hydrogen) atoms. The van der Waals surface area contributed by atoms with Gasteiger partial charge in [-0.15, -0.1) is 0 Å². The van der Waals surface area contributed by atoms with E-state index in [0.29, 0.717) is 6.07 Å². The van der Waals surface area contributed by atoms with Crippen molar-refractivity contribution in [3.63, 3.8) is 0 Å². The summed E-state index contributed by atoms with van der Waals surface area (Å²) in [6.07, 6.45) is 0. The molecule has 0 spiro atoms. The Balaban J connectivity index is 2.03. The third kappa shape index (κ3) is 4.14. The minimum Gasteiger partial charge on any atom is -0.307 e. The first-order chi connectivity index (χ1) is 11.2. The van der Waals surface area contributed by atoms with Crippen LogP contribution in [0.4, 0.5) is 29.3 Å². The van der Waals surface area contributed by atoms with Crippen LogP contribution in [0.5, 0.6) is 0 Å². The highest BCUT2D eigenvalue weighted by atomic mass is 32.2. The minimum absolute atomic E-state index is 0.0894. The molecule has 11 heteroatoms. The van der Waals surface area contributed by atoms with E-state index in [1.165, 1.54) is 18.2 Å². The van der Waals surface area contributed by atoms with E-state index in [-0.39, 0.29) is 10.6 Å². The van der Waals surface area contributed by atoms with Crippen molar-refractivity contribution in [1.82, 2.24) is 5.43 Å². The van der Waals surface area contributed by atoms with Crippen molar-refractivity contribution in [1.29, 1.82) is 0 Å². The molecule has 2 rings (SSSR count). The normalized spacial score (nSPS) is 11.0. The molecule has 0 unspecified atom stereocenters. The molecule has 0 aliphatic heterocycles. The van der Waals surface area contributed by atoms with E-state index in [9.17, 15) is 26.4 Å². The van der Waals surface area contributed by atoms with Gasteiger partial charge in [-0.05, 0) is 30.3 Å². The molecule has 7 nitrogen and oxygen atoms in total. The van der Waals surface area contributed by atoms with Crippen LogP contribution in [0.25, 0.3) is 0 Å². The molecule has 0 heterocycles. The van der Waals surface area contributed by atoms with E-state index in [4.69, 9.17) is 5.14 Å². The summed E-state index contributed by atoms with van der Waals surface area (Å²) in [5.74, 6) is -4.57. The van der Waals surface area contributed by atoms with Gasteiger partial charge in [0.15, 0.2) is 17.5 Å². The van der Waals surface area contributed by atoms with Crippen molar-refractivity contribution in [2.45, 2.75) is 4.90 Å². The molecule has 0 atom stereocenters. The van der Waals surface area contributed by atoms with Gasteiger partial charge in [-0.3, -0.25) is 10.9 Å². The van der Waals surface area contributed by atoms with E-state index >= 15 is 0 Å². The lowest BCUT2D eigenvalue weighted by Crippen LogP contribution is -2.34. The Morgan fingerprint density at radius 1 is 1.04 bits per heavy atom. The first-order valence-electron chi connectivity index (χ1n) is 6.28. The lowest BCUT2D eigenvalue weighted by molar-refractivity contribution is 0.253. The molecule has 0 bridgehead atoms. The number of rotatable bonds is 4. The Bertz CT molecular complexity index is 890. The number of carbonyl (C=O) groups excluding carboxylic acids is 1. The predicted octanol–water partition coefficient (Wildman–Crippen LogP) is 1.90. The fourth-order valence-corrected chi connectivity index (χ4v) is 2.22. The van der Waals surface area contributed by atoms with Crippen molar-refractivity contribution >= 4 is 27.4 Å². The molecule has 2 amide bonds. The maximum Gasteiger partial charge on any atom is 0.337 e. The van der Waals surface area contributed by atoms with Crippen molar-refractivity contribution in [2.75, 3.05) is 10.7 Å². The van der Waals surface area contributed by atoms with Crippen molar-refractivity contribution < 1.29 is 26.4 Å². The standard InChI is InChI=1S/C13H11F3N4O3S/c14-9-4-5-10(12(16)11(9)15)19-20-13(21)18-7-2-1-3-8(6-7)24(17,22)23/h1-6,19H,(H2,17,22,23)(H2,18,20,21). The van der Waals surface area contributed by atoms with Crippen LogP contribution in [0.3, 0.4) is 0 Å². The molecule has 0 aliphatic carbocycles. The SMILES string of the molecule is NS(=O)(=O)c1cccc(NC(=O)NNc2ccc(F)c(F)c2F)c1. The number of amides is 2. The second-order valence-electron chi connectivity index (χ2n) is 4.50. The number of benzene rings is 2. The molecule has 0 aliphatic rings. The van der Waals surface area contributed by atoms with Gasteiger partial charge in [0.2, 0.25) is 10.0 Å². The largest absolute Gasteiger partial charge is 0.337 e. The Kier molecular flexibility index (Phi) is 4.95. The summed E-state index contributed by atoms with van der Waals surface area (Å²) in [4.78, 5) is 11.4. The summed E-state index contributed by atoms with van der Waals surface area (Å²) < 4.78 is 61.6. The van der Waals surface area contributed by atoms with Crippen LogP contribution >= 0.6 is 0 Å². The Morgan fingerprint density at radius 3 is 2.42 bits per heavy atom. The second kappa shape index (κ2) is 6.76. The van der Waals surface area contributed by atoms with Crippen molar-refractivity contribution in [2.24, 2.45) is 5.14 Å². The number of halogens is 3. The zero-order valence-corrected chi connectivity index (χ0v) is 12.6. The first kappa shape index (κ1) is 17.6. The van der Waals surface area contributed by atoms with Gasteiger partial charge in [0.25, 0.3) is 0 Å². The number of sulfonamides is 1. The van der Waals surface area contributed by atoms with E-state index in [2.05, 4.69) is 10.7 Å². The Morgan fingerprint density at radius 2 is 1.75 bits per heavy atom. The maximum absolute atomic E-state index is 13.4. The number of anilines is 2. The maximum atomic E-state index is 13.4. The van der Waals surface area contributed by atoms with Gasteiger partial charge in [0.05, 0.1) is 10.6 Å². The number of primary sulfonamides is 1. The monoisotopic (exact) mass is 360 g/mol. The van der Waals surface area contributed by atoms with E-state index < -0.39 is 39.2 Å². The molecule has 0 aromatic heterocycles. The van der Waals surface area contributed by atoms with Crippen LogP contribution in [0.1, 0.15) is 0 Å². The molecule has 0 radical (unpaired) electrons. The molecular formula is C13H11F3N4O3S. The van der Waals surface area contributed by atoms with Gasteiger partial charge in [-0.1, -0.05) is 6.07 Å². The van der Waals surface area contributed by atoms with Crippen molar-refractivity contribution in [3.05, 3.63) is 53.8 Å². The lowest BCUT2D eigenvalue weighted by Gasteiger charge is -2.11. The fourth-order valence-electron chi connectivity index (χ4n) is 1.66. The van der Waals surface area contributed by atoms with Crippen LogP contribution in [0, 0.1) is 17.5 Å². The highest BCUT2D eigenvalue weighted by molar-refractivity contribution is 7.89. The quantitative estimate of drug-likeness (QED) is 0.493. The number of hydrogen-bond acceptors (Lipinski definition) is 4. The third-order valence-corrected chi connectivity index (χ3v) is 3.68. The Hall–Kier alpha value is -2.79. The zero-order valence-electron chi connectivity index (χ0n) is 11.8. The average molecular weight is 360 g/mol. The number of hydrazine groups is 1. The summed E-state index contributed by atoms with van der Waals surface area (Å²) >= 11 is 0. The molecular weight excluding hydrogens is 349 g/mol. The molecule has 0 saturated carbocycles. The molecule has 0 saturated heterocycles. The first-order valence-corrected chi connectivity index (χ1v) is 7.82. The van der Waals surface area contributed by atoms with Crippen molar-refractivity contribution in [3.8, 4) is 0 Å². The zero-order chi connectivity index (χ0) is 17.9. The number of nitrogens with two attached hydrogens (primary N) is 1. The topological polar surface area (TPSA) is 113 Å². The number of hydrogen-bond donors (Lipinski definition) is 4. The molecule has 128 valence electrons. The van der Waals surface area contributed by atoms with Gasteiger partial charge >= 0.3 is 6.03 Å². The van der Waals surface area contributed by atoms with Crippen LogP contribution in [0.15, 0.2) is 41.3 Å². The van der Waals surface area contributed by atoms with Crippen LogP contribution in [0.2, 0.25) is 0 Å². The van der Waals surface area contributed by atoms with Gasteiger partial charge < -0.3 is 5.32 Å². The fraction of sp³-hybridized carbons (Fsp3) is 0. The van der Waals surface area contributed by atoms with Crippen LogP contribution < -0.4 is 21.3 Å². The number of urea groups is 1. The summed E-state index contributed by atoms with van der Waals surface area (Å²) in [6, 6.07) is 5.71. The Labute approximate surface area is 134 Å². The van der Waals surface area contributed by atoms with Crippen LogP contribution in [-0.4, -0.2) is 14.4 Å². The van der Waals surface area contributed by atoms with Gasteiger partial charge in [0.1, 0.15) is 0 Å². The molecule has 0 fully saturated rings. The van der Waals surface area contributed by atoms with E-state index in [0.717, 1.165) is 12.1 Å².